The molecule has 1 atom stereocenters. The Morgan fingerprint density at radius 2 is 2.16 bits per heavy atom. The smallest absolute Gasteiger partial charge is 0.248 e. The Balaban J connectivity index is 2.09. The van der Waals surface area contributed by atoms with Gasteiger partial charge in [-0.05, 0) is 22.0 Å². The fraction of sp³-hybridized carbons (Fsp3) is 0.364. The predicted octanol–water partition coefficient (Wildman–Crippen LogP) is 1.14. The maximum Gasteiger partial charge on any atom is 0.248 e. The van der Waals surface area contributed by atoms with Gasteiger partial charge in [-0.15, -0.1) is 0 Å². The van der Waals surface area contributed by atoms with E-state index in [4.69, 9.17) is 0 Å². The number of carbonyl (C=O) groups is 1. The Labute approximate surface area is 117 Å². The predicted molar refractivity (Wildman–Crippen MR) is 72.5 cm³/mol. The van der Waals surface area contributed by atoms with E-state index >= 15 is 0 Å². The lowest BCUT2D eigenvalue weighted by Crippen LogP contribution is -2.56. The van der Waals surface area contributed by atoms with Gasteiger partial charge in [0.05, 0.1) is 27.4 Å². The maximum absolute atomic E-state index is 13.6. The van der Waals surface area contributed by atoms with Crippen LogP contribution in [-0.2, 0) is 14.6 Å². The number of sulfone groups is 1. The molecule has 1 N–H and O–H groups in total. The molecule has 1 unspecified atom stereocenters. The molecule has 1 saturated heterocycles. The van der Waals surface area contributed by atoms with Crippen molar-refractivity contribution < 1.29 is 17.6 Å². The highest BCUT2D eigenvalue weighted by Crippen LogP contribution is 2.37. The van der Waals surface area contributed by atoms with Crippen LogP contribution in [0.25, 0.3) is 0 Å². The number of nitrogens with zero attached hydrogens (tertiary/aromatic N) is 1. The highest BCUT2D eigenvalue weighted by atomic mass is 79.9. The number of halogens is 2. The number of amides is 1. The molecule has 0 aliphatic carbocycles. The monoisotopic (exact) mass is 348 g/mol. The molecule has 2 aliphatic rings. The Kier molecular flexibility index (Phi) is 2.82. The largest absolute Gasteiger partial charge is 0.356 e. The van der Waals surface area contributed by atoms with Crippen LogP contribution >= 0.6 is 15.9 Å². The van der Waals surface area contributed by atoms with Crippen LogP contribution in [0.5, 0.6) is 0 Å². The van der Waals surface area contributed by atoms with Gasteiger partial charge in [-0.1, -0.05) is 0 Å². The molecule has 1 fully saturated rings. The summed E-state index contributed by atoms with van der Waals surface area (Å²) in [4.78, 5) is 13.6. The van der Waals surface area contributed by atoms with Gasteiger partial charge < -0.3 is 10.2 Å². The second-order valence-corrected chi connectivity index (χ2v) is 7.68. The second-order valence-electron chi connectivity index (χ2n) is 4.60. The van der Waals surface area contributed by atoms with Crippen LogP contribution in [0.2, 0.25) is 0 Å². The summed E-state index contributed by atoms with van der Waals surface area (Å²) in [7, 11) is -3.21. The maximum atomic E-state index is 13.6. The molecule has 0 spiro atoms. The minimum atomic E-state index is -3.21. The molecule has 5 nitrogen and oxygen atoms in total. The summed E-state index contributed by atoms with van der Waals surface area (Å²) >= 11 is 3.06. The van der Waals surface area contributed by atoms with Gasteiger partial charge in [0.1, 0.15) is 11.9 Å². The van der Waals surface area contributed by atoms with Gasteiger partial charge in [-0.2, -0.15) is 0 Å². The van der Waals surface area contributed by atoms with E-state index in [1.807, 2.05) is 0 Å². The van der Waals surface area contributed by atoms with Crippen LogP contribution in [0.3, 0.4) is 0 Å². The van der Waals surface area contributed by atoms with Crippen molar-refractivity contribution in [3.05, 3.63) is 22.4 Å². The molecule has 1 amide bonds. The van der Waals surface area contributed by atoms with Crippen LogP contribution in [0.1, 0.15) is 0 Å². The molecular formula is C11H10BrFN2O3S. The van der Waals surface area contributed by atoms with Crippen molar-refractivity contribution in [2.45, 2.75) is 6.04 Å². The summed E-state index contributed by atoms with van der Waals surface area (Å²) in [5.41, 5.74) is 1.02. The van der Waals surface area contributed by atoms with E-state index in [1.54, 1.807) is 4.90 Å². The van der Waals surface area contributed by atoms with E-state index < -0.39 is 21.7 Å². The van der Waals surface area contributed by atoms with Gasteiger partial charge in [0, 0.05) is 12.6 Å². The lowest BCUT2D eigenvalue weighted by Gasteiger charge is -2.40. The van der Waals surface area contributed by atoms with Crippen molar-refractivity contribution in [3.63, 3.8) is 0 Å². The van der Waals surface area contributed by atoms with Crippen LogP contribution in [0, 0.1) is 5.82 Å². The van der Waals surface area contributed by atoms with Crippen LogP contribution in [-0.4, -0.2) is 38.4 Å². The molecule has 2 heterocycles. The van der Waals surface area contributed by atoms with Crippen LogP contribution in [0.4, 0.5) is 15.8 Å². The Bertz CT molecular complexity index is 677. The zero-order valence-corrected chi connectivity index (χ0v) is 12.1. The molecular weight excluding hydrogens is 339 g/mol. The van der Waals surface area contributed by atoms with E-state index in [-0.39, 0.29) is 28.4 Å². The average Bonchev–Trinajstić information content (AvgIpc) is 2.32. The summed E-state index contributed by atoms with van der Waals surface area (Å²) in [6.45, 7) is 0.203. The lowest BCUT2D eigenvalue weighted by molar-refractivity contribution is -0.117. The zero-order chi connectivity index (χ0) is 13.8. The van der Waals surface area contributed by atoms with Crippen molar-refractivity contribution in [1.82, 2.24) is 0 Å². The molecule has 1 aromatic rings. The van der Waals surface area contributed by atoms with E-state index in [2.05, 4.69) is 21.2 Å². The van der Waals surface area contributed by atoms with Gasteiger partial charge in [-0.3, -0.25) is 4.79 Å². The molecule has 0 aromatic heterocycles. The minimum absolute atomic E-state index is 0.0199. The van der Waals surface area contributed by atoms with Crippen molar-refractivity contribution in [2.75, 3.05) is 28.3 Å². The van der Waals surface area contributed by atoms with E-state index in [1.165, 1.54) is 12.1 Å². The Morgan fingerprint density at radius 1 is 1.42 bits per heavy atom. The fourth-order valence-electron chi connectivity index (χ4n) is 2.40. The van der Waals surface area contributed by atoms with Crippen molar-refractivity contribution in [2.24, 2.45) is 0 Å². The van der Waals surface area contributed by atoms with Gasteiger partial charge in [0.15, 0.2) is 9.84 Å². The number of hydrogen-bond acceptors (Lipinski definition) is 4. The third kappa shape index (κ3) is 2.12. The molecule has 1 aromatic carbocycles. The lowest BCUT2D eigenvalue weighted by atomic mass is 10.1. The number of anilines is 2. The van der Waals surface area contributed by atoms with Gasteiger partial charge in [-0.25, -0.2) is 12.8 Å². The fourth-order valence-corrected chi connectivity index (χ4v) is 4.20. The van der Waals surface area contributed by atoms with E-state index in [9.17, 15) is 17.6 Å². The molecule has 0 saturated carbocycles. The summed E-state index contributed by atoms with van der Waals surface area (Å²) < 4.78 is 37.1. The van der Waals surface area contributed by atoms with Gasteiger partial charge >= 0.3 is 0 Å². The van der Waals surface area contributed by atoms with E-state index in [0.29, 0.717) is 11.4 Å². The Morgan fingerprint density at radius 3 is 2.89 bits per heavy atom. The highest BCUT2D eigenvalue weighted by Gasteiger charge is 2.40. The molecule has 19 heavy (non-hydrogen) atoms. The van der Waals surface area contributed by atoms with Gasteiger partial charge in [0.2, 0.25) is 5.91 Å². The Hall–Kier alpha value is -1.15. The first kappa shape index (κ1) is 12.9. The highest BCUT2D eigenvalue weighted by molar-refractivity contribution is 9.10. The SMILES string of the molecule is O=C1Nc2cc(Br)c(F)cc2N2CCS(=O)(=O)CC12. The number of hydrogen-bond donors (Lipinski definition) is 1. The number of carbonyl (C=O) groups excluding carboxylic acids is 1. The summed E-state index contributed by atoms with van der Waals surface area (Å²) in [6.07, 6.45) is 0. The quantitative estimate of drug-likeness (QED) is 0.763. The molecule has 0 bridgehead atoms. The second kappa shape index (κ2) is 4.17. The molecule has 8 heteroatoms. The number of rotatable bonds is 0. The molecule has 3 rings (SSSR count). The van der Waals surface area contributed by atoms with Gasteiger partial charge in [0.25, 0.3) is 0 Å². The summed E-state index contributed by atoms with van der Waals surface area (Å²) in [6, 6.07) is 2.03. The molecule has 0 radical (unpaired) electrons. The topological polar surface area (TPSA) is 66.5 Å². The molecule has 2 aliphatic heterocycles. The zero-order valence-electron chi connectivity index (χ0n) is 9.69. The molecule has 102 valence electrons. The first-order valence-electron chi connectivity index (χ1n) is 5.64. The van der Waals surface area contributed by atoms with Crippen molar-refractivity contribution in [1.29, 1.82) is 0 Å². The third-order valence-electron chi connectivity index (χ3n) is 3.34. The first-order chi connectivity index (χ1) is 8.87. The van der Waals surface area contributed by atoms with Crippen molar-refractivity contribution in [3.8, 4) is 0 Å². The number of benzene rings is 1. The van der Waals surface area contributed by atoms with Crippen LogP contribution in [0.15, 0.2) is 16.6 Å². The average molecular weight is 349 g/mol. The minimum Gasteiger partial charge on any atom is -0.356 e. The van der Waals surface area contributed by atoms with E-state index in [0.717, 1.165) is 0 Å². The normalized spacial score (nSPS) is 24.4. The summed E-state index contributed by atoms with van der Waals surface area (Å²) in [5.74, 6) is -1.06. The standard InChI is InChI=1S/C11H10BrFN2O3S/c12-6-3-8-9(4-7(6)13)15-1-2-19(17,18)5-10(15)11(16)14-8/h3-4,10H,1-2,5H2,(H,14,16). The first-order valence-corrected chi connectivity index (χ1v) is 8.26. The third-order valence-corrected chi connectivity index (χ3v) is 5.58. The summed E-state index contributed by atoms with van der Waals surface area (Å²) in [5, 5.41) is 2.62. The van der Waals surface area contributed by atoms with Crippen molar-refractivity contribution >= 4 is 43.0 Å². The number of nitrogens with one attached hydrogen (secondary N) is 1. The van der Waals surface area contributed by atoms with Crippen LogP contribution < -0.4 is 10.2 Å². The number of fused-ring (bicyclic) bond motifs is 3.